The maximum absolute atomic E-state index is 12.1. The lowest BCUT2D eigenvalue weighted by Crippen LogP contribution is -2.23. The SMILES string of the molecule is NCc1nc(C(=O)Nc2ccc(N3CCCC3=O)cc2)cs1. The number of carbonyl (C=O) groups is 2. The first-order valence-corrected chi connectivity index (χ1v) is 7.91. The summed E-state index contributed by atoms with van der Waals surface area (Å²) in [6, 6.07) is 7.25. The minimum atomic E-state index is -0.263. The highest BCUT2D eigenvalue weighted by molar-refractivity contribution is 7.09. The molecule has 7 heteroatoms. The normalized spacial score (nSPS) is 14.4. The fraction of sp³-hybridized carbons (Fsp3) is 0.267. The Morgan fingerprint density at radius 1 is 1.36 bits per heavy atom. The Labute approximate surface area is 132 Å². The molecule has 0 bridgehead atoms. The lowest BCUT2D eigenvalue weighted by atomic mass is 10.2. The summed E-state index contributed by atoms with van der Waals surface area (Å²) in [5, 5.41) is 5.20. The number of aromatic nitrogens is 1. The second kappa shape index (κ2) is 6.25. The van der Waals surface area contributed by atoms with Crippen LogP contribution in [0.2, 0.25) is 0 Å². The zero-order valence-electron chi connectivity index (χ0n) is 11.9. The molecule has 1 fully saturated rings. The highest BCUT2D eigenvalue weighted by Gasteiger charge is 2.21. The van der Waals surface area contributed by atoms with Gasteiger partial charge in [0.15, 0.2) is 0 Å². The number of hydrogen-bond donors (Lipinski definition) is 2. The van der Waals surface area contributed by atoms with Gasteiger partial charge in [-0.05, 0) is 30.7 Å². The molecule has 0 spiro atoms. The lowest BCUT2D eigenvalue weighted by Gasteiger charge is -2.16. The topological polar surface area (TPSA) is 88.3 Å². The van der Waals surface area contributed by atoms with Crippen LogP contribution in [0.1, 0.15) is 28.3 Å². The number of nitrogens with one attached hydrogen (secondary N) is 1. The average molecular weight is 316 g/mol. The minimum Gasteiger partial charge on any atom is -0.325 e. The molecule has 0 unspecified atom stereocenters. The molecule has 6 nitrogen and oxygen atoms in total. The molecule has 1 saturated heterocycles. The monoisotopic (exact) mass is 316 g/mol. The first-order chi connectivity index (χ1) is 10.7. The van der Waals surface area contributed by atoms with Gasteiger partial charge in [-0.3, -0.25) is 9.59 Å². The van der Waals surface area contributed by atoms with Crippen LogP contribution in [0.25, 0.3) is 0 Å². The molecule has 22 heavy (non-hydrogen) atoms. The van der Waals surface area contributed by atoms with Crippen molar-refractivity contribution < 1.29 is 9.59 Å². The van der Waals surface area contributed by atoms with Gasteiger partial charge in [0, 0.05) is 36.3 Å². The maximum Gasteiger partial charge on any atom is 0.275 e. The summed E-state index contributed by atoms with van der Waals surface area (Å²) in [6.07, 6.45) is 1.50. The number of nitrogens with two attached hydrogens (primary N) is 1. The van der Waals surface area contributed by atoms with Gasteiger partial charge in [0.05, 0.1) is 0 Å². The Morgan fingerprint density at radius 2 is 2.14 bits per heavy atom. The first kappa shape index (κ1) is 14.7. The van der Waals surface area contributed by atoms with Crippen LogP contribution in [0, 0.1) is 0 Å². The Hall–Kier alpha value is -2.25. The number of benzene rings is 1. The standard InChI is InChI=1S/C15H16N4O2S/c16-8-13-18-12(9-22-13)15(21)17-10-3-5-11(6-4-10)19-7-1-2-14(19)20/h3-6,9H,1-2,7-8,16H2,(H,17,21). The summed E-state index contributed by atoms with van der Waals surface area (Å²) in [6.45, 7) is 1.09. The molecule has 2 heterocycles. The molecule has 2 amide bonds. The number of amides is 2. The second-order valence-corrected chi connectivity index (χ2v) is 5.92. The number of rotatable bonds is 4. The fourth-order valence-electron chi connectivity index (χ4n) is 2.35. The van der Waals surface area contributed by atoms with Crippen molar-refractivity contribution in [2.24, 2.45) is 5.73 Å². The number of thiazole rings is 1. The van der Waals surface area contributed by atoms with Crippen LogP contribution in [0.15, 0.2) is 29.6 Å². The summed E-state index contributed by atoms with van der Waals surface area (Å²) < 4.78 is 0. The van der Waals surface area contributed by atoms with Crippen LogP contribution in [0.5, 0.6) is 0 Å². The molecular formula is C15H16N4O2S. The highest BCUT2D eigenvalue weighted by Crippen LogP contribution is 2.23. The summed E-state index contributed by atoms with van der Waals surface area (Å²) >= 11 is 1.37. The summed E-state index contributed by atoms with van der Waals surface area (Å²) in [4.78, 5) is 29.7. The van der Waals surface area contributed by atoms with Gasteiger partial charge in [-0.1, -0.05) is 0 Å². The maximum atomic E-state index is 12.1. The zero-order valence-corrected chi connectivity index (χ0v) is 12.7. The fourth-order valence-corrected chi connectivity index (χ4v) is 3.00. The molecular weight excluding hydrogens is 300 g/mol. The van der Waals surface area contributed by atoms with E-state index in [1.54, 1.807) is 22.4 Å². The summed E-state index contributed by atoms with van der Waals surface area (Å²) in [7, 11) is 0. The molecule has 0 atom stereocenters. The van der Waals surface area contributed by atoms with Gasteiger partial charge in [0.25, 0.3) is 5.91 Å². The lowest BCUT2D eigenvalue weighted by molar-refractivity contribution is -0.117. The number of carbonyl (C=O) groups excluding carboxylic acids is 2. The van der Waals surface area contributed by atoms with Gasteiger partial charge in [0.2, 0.25) is 5.91 Å². The van der Waals surface area contributed by atoms with Crippen LogP contribution in [0.4, 0.5) is 11.4 Å². The molecule has 0 radical (unpaired) electrons. The number of anilines is 2. The van der Waals surface area contributed by atoms with Crippen molar-refractivity contribution in [3.63, 3.8) is 0 Å². The summed E-state index contributed by atoms with van der Waals surface area (Å²) in [5.41, 5.74) is 7.38. The molecule has 0 saturated carbocycles. The van der Waals surface area contributed by atoms with E-state index in [1.807, 2.05) is 12.1 Å². The van der Waals surface area contributed by atoms with E-state index in [0.29, 0.717) is 24.3 Å². The van der Waals surface area contributed by atoms with E-state index in [2.05, 4.69) is 10.3 Å². The van der Waals surface area contributed by atoms with Gasteiger partial charge < -0.3 is 16.0 Å². The largest absolute Gasteiger partial charge is 0.325 e. The Kier molecular flexibility index (Phi) is 4.17. The third kappa shape index (κ3) is 3.00. The highest BCUT2D eigenvalue weighted by atomic mass is 32.1. The van der Waals surface area contributed by atoms with Crippen LogP contribution in [0.3, 0.4) is 0 Å². The first-order valence-electron chi connectivity index (χ1n) is 7.03. The van der Waals surface area contributed by atoms with Crippen LogP contribution in [-0.4, -0.2) is 23.3 Å². The van der Waals surface area contributed by atoms with Crippen molar-refractivity contribution in [2.45, 2.75) is 19.4 Å². The van der Waals surface area contributed by atoms with Crippen molar-refractivity contribution in [1.82, 2.24) is 4.98 Å². The van der Waals surface area contributed by atoms with E-state index >= 15 is 0 Å². The third-order valence-electron chi connectivity index (χ3n) is 3.47. The van der Waals surface area contributed by atoms with Crippen LogP contribution >= 0.6 is 11.3 Å². The molecule has 3 N–H and O–H groups in total. The van der Waals surface area contributed by atoms with E-state index in [1.165, 1.54) is 11.3 Å². The van der Waals surface area contributed by atoms with Gasteiger partial charge in [-0.25, -0.2) is 4.98 Å². The van der Waals surface area contributed by atoms with Gasteiger partial charge in [0.1, 0.15) is 10.7 Å². The van der Waals surface area contributed by atoms with Gasteiger partial charge in [-0.2, -0.15) is 0 Å². The molecule has 1 aliphatic heterocycles. The molecule has 0 aliphatic carbocycles. The Morgan fingerprint density at radius 3 is 2.73 bits per heavy atom. The zero-order chi connectivity index (χ0) is 15.5. The van der Waals surface area contributed by atoms with Crippen LogP contribution < -0.4 is 16.0 Å². The molecule has 1 aromatic carbocycles. The van der Waals surface area contributed by atoms with Gasteiger partial charge >= 0.3 is 0 Å². The minimum absolute atomic E-state index is 0.147. The van der Waals surface area contributed by atoms with Crippen molar-refractivity contribution in [2.75, 3.05) is 16.8 Å². The predicted molar refractivity (Wildman–Crippen MR) is 86.0 cm³/mol. The van der Waals surface area contributed by atoms with Crippen molar-refractivity contribution in [1.29, 1.82) is 0 Å². The smallest absolute Gasteiger partial charge is 0.275 e. The van der Waals surface area contributed by atoms with E-state index < -0.39 is 0 Å². The van der Waals surface area contributed by atoms with Crippen LogP contribution in [-0.2, 0) is 11.3 Å². The van der Waals surface area contributed by atoms with Gasteiger partial charge in [-0.15, -0.1) is 11.3 Å². The summed E-state index contributed by atoms with van der Waals surface area (Å²) in [5.74, 6) is -0.116. The van der Waals surface area contributed by atoms with E-state index in [4.69, 9.17) is 5.73 Å². The molecule has 3 rings (SSSR count). The Bertz CT molecular complexity index is 696. The van der Waals surface area contributed by atoms with Crippen molar-refractivity contribution in [3.8, 4) is 0 Å². The molecule has 2 aromatic rings. The van der Waals surface area contributed by atoms with E-state index in [9.17, 15) is 9.59 Å². The quantitative estimate of drug-likeness (QED) is 0.903. The molecule has 1 aromatic heterocycles. The Balaban J connectivity index is 1.68. The average Bonchev–Trinajstić information content (AvgIpc) is 3.17. The molecule has 1 aliphatic rings. The van der Waals surface area contributed by atoms with E-state index in [-0.39, 0.29) is 11.8 Å². The van der Waals surface area contributed by atoms with Crippen molar-refractivity contribution >= 4 is 34.5 Å². The van der Waals surface area contributed by atoms with Crippen molar-refractivity contribution in [3.05, 3.63) is 40.3 Å². The third-order valence-corrected chi connectivity index (χ3v) is 4.34. The number of nitrogens with zero attached hydrogens (tertiary/aromatic N) is 2. The predicted octanol–water partition coefficient (Wildman–Crippen LogP) is 1.98. The number of hydrogen-bond acceptors (Lipinski definition) is 5. The van der Waals surface area contributed by atoms with E-state index in [0.717, 1.165) is 23.7 Å². The molecule has 114 valence electrons. The second-order valence-electron chi connectivity index (χ2n) is 4.98.